The Labute approximate surface area is 132 Å². The van der Waals surface area contributed by atoms with Gasteiger partial charge in [-0.1, -0.05) is 0 Å². The molecule has 2 atom stereocenters. The van der Waals surface area contributed by atoms with E-state index in [1.165, 1.54) is 0 Å². The monoisotopic (exact) mass is 306 g/mol. The van der Waals surface area contributed by atoms with E-state index in [1.54, 1.807) is 11.1 Å². The van der Waals surface area contributed by atoms with Gasteiger partial charge in [0.05, 0.1) is 5.69 Å². The van der Waals surface area contributed by atoms with Crippen molar-refractivity contribution in [1.82, 2.24) is 20.0 Å². The van der Waals surface area contributed by atoms with Crippen LogP contribution in [0.15, 0.2) is 18.3 Å². The average molecular weight is 306 g/mol. The Balaban J connectivity index is 1.98. The smallest absolute Gasteiger partial charge is 0.410 e. The third-order valence-corrected chi connectivity index (χ3v) is 3.73. The maximum absolute atomic E-state index is 12.2. The topological polar surface area (TPSA) is 58.6 Å². The number of carbonyl (C=O) groups is 1. The maximum atomic E-state index is 12.2. The molecule has 6 nitrogen and oxygen atoms in total. The SMILES string of the molecule is C[C@@H]1CN(C(=O)OC(C)(C)C)C[C@H](C)N1Cc1cccnn1. The molecule has 6 heteroatoms. The standard InChI is InChI=1S/C16H26N4O2/c1-12-9-19(15(21)22-16(3,4)5)10-13(2)20(12)11-14-7-6-8-17-18-14/h6-8,12-13H,9-11H2,1-5H3/t12-,13+. The molecule has 0 saturated carbocycles. The predicted octanol–water partition coefficient (Wildman–Crippen LogP) is 2.31. The Hall–Kier alpha value is -1.69. The molecule has 1 aliphatic rings. The fourth-order valence-corrected chi connectivity index (χ4v) is 2.75. The van der Waals surface area contributed by atoms with E-state index in [9.17, 15) is 4.79 Å². The largest absolute Gasteiger partial charge is 0.444 e. The van der Waals surface area contributed by atoms with Crippen LogP contribution < -0.4 is 0 Å². The Morgan fingerprint density at radius 3 is 2.45 bits per heavy atom. The molecule has 0 unspecified atom stereocenters. The van der Waals surface area contributed by atoms with E-state index >= 15 is 0 Å². The average Bonchev–Trinajstić information content (AvgIpc) is 2.42. The van der Waals surface area contributed by atoms with Crippen molar-refractivity contribution in [3.05, 3.63) is 24.0 Å². The van der Waals surface area contributed by atoms with Gasteiger partial charge in [-0.25, -0.2) is 4.79 Å². The number of aromatic nitrogens is 2. The predicted molar refractivity (Wildman–Crippen MR) is 84.3 cm³/mol. The maximum Gasteiger partial charge on any atom is 0.410 e. The van der Waals surface area contributed by atoms with Crippen molar-refractivity contribution in [2.24, 2.45) is 0 Å². The zero-order chi connectivity index (χ0) is 16.3. The summed E-state index contributed by atoms with van der Waals surface area (Å²) in [6.07, 6.45) is 1.45. The van der Waals surface area contributed by atoms with Gasteiger partial charge < -0.3 is 9.64 Å². The second-order valence-corrected chi connectivity index (χ2v) is 6.97. The number of ether oxygens (including phenoxy) is 1. The third-order valence-electron chi connectivity index (χ3n) is 3.73. The normalized spacial score (nSPS) is 23.4. The van der Waals surface area contributed by atoms with Crippen LogP contribution in [0.25, 0.3) is 0 Å². The Morgan fingerprint density at radius 2 is 1.95 bits per heavy atom. The molecule has 1 fully saturated rings. The Morgan fingerprint density at radius 1 is 1.32 bits per heavy atom. The van der Waals surface area contributed by atoms with Crippen LogP contribution in [-0.4, -0.2) is 56.9 Å². The van der Waals surface area contributed by atoms with E-state index < -0.39 is 5.60 Å². The molecule has 2 heterocycles. The molecule has 2 rings (SSSR count). The number of amides is 1. The van der Waals surface area contributed by atoms with Crippen LogP contribution in [0, 0.1) is 0 Å². The van der Waals surface area contributed by atoms with Crippen molar-refractivity contribution in [2.75, 3.05) is 13.1 Å². The summed E-state index contributed by atoms with van der Waals surface area (Å²) in [6, 6.07) is 4.37. The molecule has 1 amide bonds. The number of rotatable bonds is 2. The summed E-state index contributed by atoms with van der Waals surface area (Å²) in [5, 5.41) is 8.07. The minimum Gasteiger partial charge on any atom is -0.444 e. The first-order valence-electron chi connectivity index (χ1n) is 7.76. The van der Waals surface area contributed by atoms with E-state index in [0.717, 1.165) is 12.2 Å². The molecule has 1 aromatic rings. The molecular weight excluding hydrogens is 280 g/mol. The van der Waals surface area contributed by atoms with Crippen LogP contribution in [0.3, 0.4) is 0 Å². The van der Waals surface area contributed by atoms with Crippen LogP contribution in [0.1, 0.15) is 40.3 Å². The fraction of sp³-hybridized carbons (Fsp3) is 0.688. The van der Waals surface area contributed by atoms with E-state index in [1.807, 2.05) is 32.9 Å². The van der Waals surface area contributed by atoms with Crippen molar-refractivity contribution in [1.29, 1.82) is 0 Å². The molecule has 22 heavy (non-hydrogen) atoms. The number of piperazine rings is 1. The zero-order valence-electron chi connectivity index (χ0n) is 14.1. The second kappa shape index (κ2) is 6.60. The molecule has 0 aliphatic carbocycles. The van der Waals surface area contributed by atoms with Crippen LogP contribution in [-0.2, 0) is 11.3 Å². The van der Waals surface area contributed by atoms with Gasteiger partial charge in [-0.05, 0) is 46.8 Å². The Bertz CT molecular complexity index is 489. The highest BCUT2D eigenvalue weighted by molar-refractivity contribution is 5.68. The minimum absolute atomic E-state index is 0.231. The molecule has 122 valence electrons. The summed E-state index contributed by atoms with van der Waals surface area (Å²) < 4.78 is 5.47. The van der Waals surface area contributed by atoms with Crippen molar-refractivity contribution in [2.45, 2.75) is 58.8 Å². The minimum atomic E-state index is -0.458. The molecule has 1 aliphatic heterocycles. The first-order chi connectivity index (χ1) is 10.3. The van der Waals surface area contributed by atoms with Crippen molar-refractivity contribution in [3.8, 4) is 0 Å². The van der Waals surface area contributed by atoms with Crippen LogP contribution >= 0.6 is 0 Å². The van der Waals surface area contributed by atoms with Gasteiger partial charge in [0.2, 0.25) is 0 Å². The lowest BCUT2D eigenvalue weighted by Gasteiger charge is -2.44. The lowest BCUT2D eigenvalue weighted by atomic mass is 10.1. The fourth-order valence-electron chi connectivity index (χ4n) is 2.75. The van der Waals surface area contributed by atoms with E-state index in [-0.39, 0.29) is 18.2 Å². The van der Waals surface area contributed by atoms with Gasteiger partial charge in [0.1, 0.15) is 5.60 Å². The van der Waals surface area contributed by atoms with Crippen molar-refractivity contribution >= 4 is 6.09 Å². The lowest BCUT2D eigenvalue weighted by molar-refractivity contribution is -0.0100. The quantitative estimate of drug-likeness (QED) is 0.839. The molecule has 1 aromatic heterocycles. The van der Waals surface area contributed by atoms with Crippen LogP contribution in [0.5, 0.6) is 0 Å². The zero-order valence-corrected chi connectivity index (χ0v) is 14.1. The van der Waals surface area contributed by atoms with Crippen LogP contribution in [0.2, 0.25) is 0 Å². The summed E-state index contributed by atoms with van der Waals surface area (Å²) in [7, 11) is 0. The third kappa shape index (κ3) is 4.40. The van der Waals surface area contributed by atoms with Gasteiger partial charge in [-0.3, -0.25) is 4.90 Å². The summed E-state index contributed by atoms with van der Waals surface area (Å²) >= 11 is 0. The molecule has 0 spiro atoms. The van der Waals surface area contributed by atoms with Gasteiger partial charge in [0, 0.05) is 37.9 Å². The molecular formula is C16H26N4O2. The highest BCUT2D eigenvalue weighted by atomic mass is 16.6. The van der Waals surface area contributed by atoms with Crippen LogP contribution in [0.4, 0.5) is 4.79 Å². The van der Waals surface area contributed by atoms with E-state index in [4.69, 9.17) is 4.74 Å². The molecule has 0 aromatic carbocycles. The lowest BCUT2D eigenvalue weighted by Crippen LogP contribution is -2.58. The van der Waals surface area contributed by atoms with Gasteiger partial charge in [-0.2, -0.15) is 10.2 Å². The molecule has 0 radical (unpaired) electrons. The highest BCUT2D eigenvalue weighted by Crippen LogP contribution is 2.20. The van der Waals surface area contributed by atoms with Crippen molar-refractivity contribution < 1.29 is 9.53 Å². The van der Waals surface area contributed by atoms with E-state index in [0.29, 0.717) is 13.1 Å². The van der Waals surface area contributed by atoms with Gasteiger partial charge in [0.25, 0.3) is 0 Å². The van der Waals surface area contributed by atoms with Gasteiger partial charge >= 0.3 is 6.09 Å². The molecule has 0 N–H and O–H groups in total. The number of hydrogen-bond acceptors (Lipinski definition) is 5. The second-order valence-electron chi connectivity index (χ2n) is 6.97. The summed E-state index contributed by atoms with van der Waals surface area (Å²) in [4.78, 5) is 16.4. The summed E-state index contributed by atoms with van der Waals surface area (Å²) in [5.74, 6) is 0. The summed E-state index contributed by atoms with van der Waals surface area (Å²) in [6.45, 7) is 12.0. The first kappa shape index (κ1) is 16.7. The molecule has 1 saturated heterocycles. The number of hydrogen-bond donors (Lipinski definition) is 0. The van der Waals surface area contributed by atoms with E-state index in [2.05, 4.69) is 28.9 Å². The highest BCUT2D eigenvalue weighted by Gasteiger charge is 2.33. The van der Waals surface area contributed by atoms with Gasteiger partial charge in [-0.15, -0.1) is 0 Å². The van der Waals surface area contributed by atoms with Crippen molar-refractivity contribution in [3.63, 3.8) is 0 Å². The number of carbonyl (C=O) groups excluding carboxylic acids is 1. The Kier molecular flexibility index (Phi) is 5.01. The molecule has 0 bridgehead atoms. The summed E-state index contributed by atoms with van der Waals surface area (Å²) in [5.41, 5.74) is 0.493. The first-order valence-corrected chi connectivity index (χ1v) is 7.76. The number of nitrogens with zero attached hydrogens (tertiary/aromatic N) is 4. The van der Waals surface area contributed by atoms with Gasteiger partial charge in [0.15, 0.2) is 0 Å².